The monoisotopic (exact) mass is 301 g/mol. The van der Waals surface area contributed by atoms with Crippen LogP contribution in [0.4, 0.5) is 4.79 Å². The summed E-state index contributed by atoms with van der Waals surface area (Å²) in [7, 11) is -4.11. The van der Waals surface area contributed by atoms with Crippen molar-refractivity contribution in [3.8, 4) is 5.75 Å². The van der Waals surface area contributed by atoms with Gasteiger partial charge in [0.15, 0.2) is 0 Å². The van der Waals surface area contributed by atoms with Crippen LogP contribution in [0.5, 0.6) is 5.75 Å². The standard InChI is InChI=1S/C12H15NO6S/c1-9(14)8-10-2-4-11(5-3-10)19-12(15)13-6-7-20(16,17)18/h2-5H,6-8H2,1H3,(H,13,15)(H,16,17,18). The Hall–Kier alpha value is -1.93. The molecule has 1 aromatic rings. The predicted octanol–water partition coefficient (Wildman–Crippen LogP) is 0.794. The smallest absolute Gasteiger partial charge is 0.410 e. The van der Waals surface area contributed by atoms with Crippen molar-refractivity contribution in [2.24, 2.45) is 0 Å². The van der Waals surface area contributed by atoms with Gasteiger partial charge in [-0.3, -0.25) is 9.35 Å². The quantitative estimate of drug-likeness (QED) is 0.752. The molecule has 0 spiro atoms. The second kappa shape index (κ2) is 7.01. The fourth-order valence-corrected chi connectivity index (χ4v) is 1.75. The number of Topliss-reactive ketones (excluding diaryl/α,β-unsaturated/α-hetero) is 1. The highest BCUT2D eigenvalue weighted by molar-refractivity contribution is 7.85. The second-order valence-corrected chi connectivity index (χ2v) is 5.70. The molecule has 0 saturated carbocycles. The van der Waals surface area contributed by atoms with E-state index in [2.05, 4.69) is 5.32 Å². The molecule has 0 saturated heterocycles. The first-order valence-corrected chi connectivity index (χ1v) is 7.36. The number of hydrogen-bond acceptors (Lipinski definition) is 5. The van der Waals surface area contributed by atoms with E-state index in [-0.39, 0.29) is 18.1 Å². The van der Waals surface area contributed by atoms with E-state index in [1.165, 1.54) is 19.1 Å². The van der Waals surface area contributed by atoms with E-state index in [0.29, 0.717) is 6.42 Å². The minimum absolute atomic E-state index is 0.0293. The zero-order valence-electron chi connectivity index (χ0n) is 10.8. The van der Waals surface area contributed by atoms with Crippen LogP contribution in [0.25, 0.3) is 0 Å². The normalized spacial score (nSPS) is 10.9. The van der Waals surface area contributed by atoms with Crippen LogP contribution in [0.1, 0.15) is 12.5 Å². The Morgan fingerprint density at radius 2 is 1.85 bits per heavy atom. The molecular weight excluding hydrogens is 286 g/mol. The number of nitrogens with one attached hydrogen (secondary N) is 1. The van der Waals surface area contributed by atoms with E-state index in [9.17, 15) is 18.0 Å². The third-order valence-corrected chi connectivity index (χ3v) is 2.94. The Labute approximate surface area is 116 Å². The number of rotatable bonds is 6. The molecule has 0 aliphatic heterocycles. The van der Waals surface area contributed by atoms with Crippen molar-refractivity contribution < 1.29 is 27.3 Å². The van der Waals surface area contributed by atoms with Crippen LogP contribution >= 0.6 is 0 Å². The summed E-state index contributed by atoms with van der Waals surface area (Å²) in [6.45, 7) is 1.23. The molecule has 110 valence electrons. The van der Waals surface area contributed by atoms with Gasteiger partial charge in [-0.2, -0.15) is 8.42 Å². The first-order chi connectivity index (χ1) is 9.26. The zero-order valence-corrected chi connectivity index (χ0v) is 11.6. The zero-order chi connectivity index (χ0) is 15.2. The number of ether oxygens (including phenoxy) is 1. The second-order valence-electron chi connectivity index (χ2n) is 4.13. The molecule has 1 aromatic carbocycles. The third-order valence-electron chi connectivity index (χ3n) is 2.22. The number of hydrogen-bond donors (Lipinski definition) is 2. The van der Waals surface area contributed by atoms with E-state index in [0.717, 1.165) is 5.56 Å². The molecule has 1 amide bonds. The van der Waals surface area contributed by atoms with Crippen molar-refractivity contribution in [3.63, 3.8) is 0 Å². The van der Waals surface area contributed by atoms with E-state index in [1.807, 2.05) is 0 Å². The van der Waals surface area contributed by atoms with Crippen molar-refractivity contribution in [2.45, 2.75) is 13.3 Å². The number of carbonyl (C=O) groups is 2. The first-order valence-electron chi connectivity index (χ1n) is 5.75. The van der Waals surface area contributed by atoms with E-state index in [1.54, 1.807) is 12.1 Å². The van der Waals surface area contributed by atoms with Crippen LogP contribution < -0.4 is 10.1 Å². The number of benzene rings is 1. The lowest BCUT2D eigenvalue weighted by molar-refractivity contribution is -0.116. The summed E-state index contributed by atoms with van der Waals surface area (Å²) in [5.41, 5.74) is 0.802. The molecule has 0 radical (unpaired) electrons. The largest absolute Gasteiger partial charge is 0.412 e. The molecule has 0 aliphatic carbocycles. The summed E-state index contributed by atoms with van der Waals surface area (Å²) in [6.07, 6.45) is -0.520. The van der Waals surface area contributed by atoms with Gasteiger partial charge < -0.3 is 10.1 Å². The SMILES string of the molecule is CC(=O)Cc1ccc(OC(=O)NCCS(=O)(=O)O)cc1. The van der Waals surface area contributed by atoms with E-state index in [4.69, 9.17) is 9.29 Å². The van der Waals surface area contributed by atoms with Gasteiger partial charge in [-0.25, -0.2) is 4.79 Å². The molecular formula is C12H15NO6S. The number of ketones is 1. The van der Waals surface area contributed by atoms with Crippen LogP contribution in [0.3, 0.4) is 0 Å². The summed E-state index contributed by atoms with van der Waals surface area (Å²) in [5, 5.41) is 2.18. The maximum atomic E-state index is 11.3. The highest BCUT2D eigenvalue weighted by Crippen LogP contribution is 2.12. The van der Waals surface area contributed by atoms with Gasteiger partial charge in [0.25, 0.3) is 10.1 Å². The van der Waals surface area contributed by atoms with Gasteiger partial charge in [0, 0.05) is 13.0 Å². The van der Waals surface area contributed by atoms with Crippen molar-refractivity contribution >= 4 is 22.0 Å². The van der Waals surface area contributed by atoms with Crippen LogP contribution in [0.15, 0.2) is 24.3 Å². The third kappa shape index (κ3) is 6.86. The van der Waals surface area contributed by atoms with Crippen LogP contribution in [-0.4, -0.2) is 37.1 Å². The molecule has 0 unspecified atom stereocenters. The van der Waals surface area contributed by atoms with Gasteiger partial charge in [0.1, 0.15) is 11.5 Å². The minimum Gasteiger partial charge on any atom is -0.410 e. The Morgan fingerprint density at radius 1 is 1.25 bits per heavy atom. The highest BCUT2D eigenvalue weighted by atomic mass is 32.2. The summed E-state index contributed by atoms with van der Waals surface area (Å²) in [5.74, 6) is -0.289. The lowest BCUT2D eigenvalue weighted by Crippen LogP contribution is -2.31. The summed E-state index contributed by atoms with van der Waals surface area (Å²) >= 11 is 0. The average molecular weight is 301 g/mol. The van der Waals surface area contributed by atoms with Gasteiger partial charge in [0.2, 0.25) is 0 Å². The first kappa shape index (κ1) is 16.1. The number of carbonyl (C=O) groups excluding carboxylic acids is 2. The van der Waals surface area contributed by atoms with Crippen molar-refractivity contribution in [3.05, 3.63) is 29.8 Å². The minimum atomic E-state index is -4.11. The van der Waals surface area contributed by atoms with Crippen molar-refractivity contribution in [1.82, 2.24) is 5.32 Å². The summed E-state index contributed by atoms with van der Waals surface area (Å²) in [4.78, 5) is 22.2. The van der Waals surface area contributed by atoms with Crippen LogP contribution in [0, 0.1) is 0 Å². The number of amides is 1. The molecule has 0 atom stereocenters. The fraction of sp³-hybridized carbons (Fsp3) is 0.333. The van der Waals surface area contributed by atoms with Gasteiger partial charge in [-0.05, 0) is 24.6 Å². The summed E-state index contributed by atoms with van der Waals surface area (Å²) in [6, 6.07) is 6.37. The lowest BCUT2D eigenvalue weighted by atomic mass is 10.1. The van der Waals surface area contributed by atoms with Crippen LogP contribution in [0.2, 0.25) is 0 Å². The molecule has 20 heavy (non-hydrogen) atoms. The molecule has 8 heteroatoms. The Morgan fingerprint density at radius 3 is 2.35 bits per heavy atom. The molecule has 0 fully saturated rings. The lowest BCUT2D eigenvalue weighted by Gasteiger charge is -2.06. The summed E-state index contributed by atoms with van der Waals surface area (Å²) < 4.78 is 34.2. The maximum absolute atomic E-state index is 11.3. The Bertz CT molecular complexity index is 578. The van der Waals surface area contributed by atoms with Crippen molar-refractivity contribution in [1.29, 1.82) is 0 Å². The molecule has 0 bridgehead atoms. The Kier molecular flexibility index (Phi) is 5.66. The van der Waals surface area contributed by atoms with Gasteiger partial charge in [-0.1, -0.05) is 12.1 Å². The topological polar surface area (TPSA) is 110 Å². The molecule has 0 aromatic heterocycles. The molecule has 7 nitrogen and oxygen atoms in total. The van der Waals surface area contributed by atoms with Crippen LogP contribution in [-0.2, 0) is 21.3 Å². The highest BCUT2D eigenvalue weighted by Gasteiger charge is 2.08. The molecule has 0 heterocycles. The van der Waals surface area contributed by atoms with E-state index < -0.39 is 22.0 Å². The van der Waals surface area contributed by atoms with Gasteiger partial charge in [-0.15, -0.1) is 0 Å². The molecule has 0 aliphatic rings. The maximum Gasteiger partial charge on any atom is 0.412 e. The predicted molar refractivity (Wildman–Crippen MR) is 71.3 cm³/mol. The van der Waals surface area contributed by atoms with Gasteiger partial charge in [0.05, 0.1) is 5.75 Å². The Balaban J connectivity index is 2.44. The van der Waals surface area contributed by atoms with Crippen molar-refractivity contribution in [2.75, 3.05) is 12.3 Å². The average Bonchev–Trinajstić information content (AvgIpc) is 2.29. The molecule has 2 N–H and O–H groups in total. The molecule has 1 rings (SSSR count). The van der Waals surface area contributed by atoms with Gasteiger partial charge >= 0.3 is 6.09 Å². The van der Waals surface area contributed by atoms with E-state index >= 15 is 0 Å². The fourth-order valence-electron chi connectivity index (χ4n) is 1.39.